The molecule has 0 radical (unpaired) electrons. The van der Waals surface area contributed by atoms with Crippen LogP contribution in [-0.2, 0) is 92.6 Å². The van der Waals surface area contributed by atoms with Crippen molar-refractivity contribution in [3.8, 4) is 11.5 Å². The van der Waals surface area contributed by atoms with E-state index in [0.717, 1.165) is 54.3 Å². The number of para-hydroxylation sites is 2. The van der Waals surface area contributed by atoms with Crippen molar-refractivity contribution in [1.29, 1.82) is 0 Å². The van der Waals surface area contributed by atoms with Crippen molar-refractivity contribution in [1.82, 2.24) is 57.7 Å². The highest BCUT2D eigenvalue weighted by molar-refractivity contribution is 8.77. The summed E-state index contributed by atoms with van der Waals surface area (Å²) in [5, 5.41) is 61.5. The largest absolute Gasteiger partial charge is 0.508 e. The monoisotopic (exact) mass is 1900 g/mol. The van der Waals surface area contributed by atoms with Crippen LogP contribution in [0.5, 0.6) is 11.5 Å². The molecule has 4 heterocycles. The van der Waals surface area contributed by atoms with Crippen molar-refractivity contribution in [2.24, 2.45) is 28.7 Å². The van der Waals surface area contributed by atoms with E-state index in [1.807, 2.05) is 26.8 Å². The molecule has 10 rings (SSSR count). The van der Waals surface area contributed by atoms with Gasteiger partial charge in [0.2, 0.25) is 59.1 Å². The topological polar surface area (TPSA) is 514 Å². The van der Waals surface area contributed by atoms with Gasteiger partial charge in [-0.25, -0.2) is 14.4 Å². The quantitative estimate of drug-likeness (QED) is 0.0144. The van der Waals surface area contributed by atoms with Gasteiger partial charge in [-0.2, -0.15) is 0 Å². The van der Waals surface area contributed by atoms with E-state index in [-0.39, 0.29) is 91.9 Å². The third-order valence-corrected chi connectivity index (χ3v) is 29.0. The number of halogens is 1. The Morgan fingerprint density at radius 2 is 1.45 bits per heavy atom. The molecule has 4 aliphatic rings. The number of aliphatic hydroxyl groups is 2. The van der Waals surface area contributed by atoms with Crippen LogP contribution in [0, 0.1) is 17.3 Å². The molecule has 6 aromatic rings. The number of fused-ring (bicyclic) bond motifs is 6. The number of allylic oxidation sites excluding steroid dienone is 3. The molecule has 3 aliphatic heterocycles. The van der Waals surface area contributed by atoms with Crippen LogP contribution in [0.1, 0.15) is 102 Å². The number of nitrogens with one attached hydrogen (secondary N) is 11. The van der Waals surface area contributed by atoms with Gasteiger partial charge in [-0.1, -0.05) is 171 Å². The van der Waals surface area contributed by atoms with Crippen LogP contribution in [0.2, 0.25) is 5.02 Å². The van der Waals surface area contributed by atoms with Gasteiger partial charge in [0.25, 0.3) is 0 Å². The molecule has 35 nitrogen and oxygen atoms in total. The van der Waals surface area contributed by atoms with Crippen molar-refractivity contribution >= 4 is 154 Å². The van der Waals surface area contributed by atoms with E-state index in [4.69, 9.17) is 42.0 Å². The fourth-order valence-electron chi connectivity index (χ4n) is 15.8. The number of nitrogens with two attached hydrogens (primary N) is 2. The summed E-state index contributed by atoms with van der Waals surface area (Å²) in [6.45, 7) is 8.43. The predicted molar refractivity (Wildman–Crippen MR) is 502 cm³/mol. The van der Waals surface area contributed by atoms with Gasteiger partial charge in [0, 0.05) is 105 Å². The molecule has 1 aliphatic carbocycles. The van der Waals surface area contributed by atoms with Crippen molar-refractivity contribution in [2.75, 3.05) is 68.1 Å². The molecule has 131 heavy (non-hydrogen) atoms. The summed E-state index contributed by atoms with van der Waals surface area (Å²) in [6.07, 6.45) is 1.33. The van der Waals surface area contributed by atoms with Gasteiger partial charge in [-0.15, -0.1) is 0 Å². The standard InChI is InChI=1S/C91H116ClN15O20S4/c1-50-21-20-29-73(125-9)91(123)45-72(126-89(122)105-91)51(2)61-44-90(61,5)74(43-76(111)107(7)70-40-56(37-50)41-71(124-8)77(70)92)127-87(120)52(3)106(6)75(110)34-36-128-129-47-67(79(94)112)100-85(118)69-49-131-130-48-68(101-82(115)65(38-54-22-12-10-13-23-54)103-88(121)96-58-24-14-11-15-25-58)84(117)98-64(39-55-30-32-59(109)33-31-55)81(114)99-66(42-57-46-95-62-27-17-16-26-60(57)62)83(116)97-63(28-18-19-35-93)80(113)104-78(53(4)108)86(119)102-69/h10-17,20-27,29-33,40-41,46,51-53,61,63-69,72-74,78,95,108-109,123H,18-19,28,34-39,42-45,47-49,93H2,1-9H3,(H2,94,112)(H,97,116)(H,98,117)(H,99,114)(H,100,118)(H,101,115)(H,102,119)(H,104,113)(H,105,122)(H2,96,103,121)/b29-20+,50-21+/t51-,52-,53+,61?,63-,64-,65+,66+,67-,68-,69-,72-,73+,74-,78-,90+,91-/m0/s1. The first kappa shape index (κ1) is 102. The van der Waals surface area contributed by atoms with Gasteiger partial charge in [0.15, 0.2) is 5.72 Å². The molecular weight excluding hydrogens is 1790 g/mol. The second-order valence-electron chi connectivity index (χ2n) is 33.3. The molecular formula is C91H116ClN15O20S4. The van der Waals surface area contributed by atoms with Gasteiger partial charge in [-0.3, -0.25) is 53.3 Å². The number of benzene rings is 5. The van der Waals surface area contributed by atoms with Gasteiger partial charge in [0.05, 0.1) is 25.3 Å². The minimum atomic E-state index is -1.91. The van der Waals surface area contributed by atoms with E-state index in [2.05, 4.69) is 58.2 Å². The van der Waals surface area contributed by atoms with Crippen LogP contribution < -0.4 is 74.3 Å². The van der Waals surface area contributed by atoms with Crippen LogP contribution in [0.15, 0.2) is 151 Å². The fourth-order valence-corrected chi connectivity index (χ4v) is 20.6. The van der Waals surface area contributed by atoms with Gasteiger partial charge >= 0.3 is 18.1 Å². The van der Waals surface area contributed by atoms with E-state index in [1.54, 1.807) is 122 Å². The minimum Gasteiger partial charge on any atom is -0.508 e. The third kappa shape index (κ3) is 28.3. The van der Waals surface area contributed by atoms with E-state index >= 15 is 19.2 Å². The van der Waals surface area contributed by atoms with Crippen LogP contribution in [0.25, 0.3) is 10.9 Å². The normalized spacial score (nSPS) is 25.4. The second kappa shape index (κ2) is 47.9. The maximum Gasteiger partial charge on any atom is 0.409 e. The third-order valence-electron chi connectivity index (χ3n) is 23.8. The number of phenols is 1. The zero-order chi connectivity index (χ0) is 95.0. The number of nitrogens with zero attached hydrogens (tertiary/aromatic N) is 2. The van der Waals surface area contributed by atoms with E-state index in [1.165, 1.54) is 69.2 Å². The highest BCUT2D eigenvalue weighted by atomic mass is 35.5. The number of carbonyl (C=O) groups excluding carboxylic acids is 13. The number of aromatic amines is 1. The Balaban J connectivity index is 0.872. The van der Waals surface area contributed by atoms with Crippen LogP contribution >= 0.6 is 54.8 Å². The van der Waals surface area contributed by atoms with Gasteiger partial charge in [0.1, 0.15) is 89.2 Å². The lowest BCUT2D eigenvalue weighted by molar-refractivity contribution is -0.163. The number of hydrogen-bond donors (Lipinski definition) is 16. The first-order chi connectivity index (χ1) is 62.5. The molecule has 1 unspecified atom stereocenters. The summed E-state index contributed by atoms with van der Waals surface area (Å²) >= 11 is 6.93. The smallest absolute Gasteiger partial charge is 0.409 e. The van der Waals surface area contributed by atoms with Crippen LogP contribution in [0.3, 0.4) is 0 Å². The molecule has 1 aromatic heterocycles. The first-order valence-corrected chi connectivity index (χ1v) is 48.3. The number of aliphatic hydroxyl groups excluding tert-OH is 1. The molecule has 13 amide bonds. The number of urea groups is 1. The Hall–Kier alpha value is -11.0. The Morgan fingerprint density at radius 3 is 2.14 bits per heavy atom. The lowest BCUT2D eigenvalue weighted by Crippen LogP contribution is -2.63. The maximum atomic E-state index is 15.4. The molecule has 2 saturated heterocycles. The SMILES string of the molecule is COc1cc2cc(c1Cl)N(C)C(=O)C[C@H](OC(=O)[C@H](C)N(C)C(=O)CCSSC[C@H](NC(=O)[C@@H]1CSSC[C@H](NC(=O)[C@@H](Cc3ccccc3)NC(=O)Nc3ccccc3)C(=O)N[C@@H](Cc3ccc(O)cc3)C(=O)N[C@H](Cc3c[nH]c4ccccc34)C(=O)N[C@@H](CCCCN)C(=O)N[C@@H]([C@@H](C)O)C(=O)N1)C(N)=O)[C@]1(C)CC1[C@H](C)[C@@H]1C[C@@](O)(NC(=O)O1)[C@H](OC)/C=C/C=C(\C)C2. The minimum absolute atomic E-state index is 0.0695. The number of hydrogen-bond acceptors (Lipinski definition) is 25. The number of ether oxygens (including phenoxy) is 4. The highest BCUT2D eigenvalue weighted by Gasteiger charge is 2.62. The number of aromatic hydroxyl groups is 1. The summed E-state index contributed by atoms with van der Waals surface area (Å²) in [5.41, 5.74) is 13.7. The molecule has 706 valence electrons. The molecule has 17 atom stereocenters. The molecule has 3 fully saturated rings. The molecule has 1 saturated carbocycles. The fraction of sp³-hybridized carbons (Fsp3) is 0.462. The summed E-state index contributed by atoms with van der Waals surface area (Å²) in [5.74, 6) is -11.2. The Bertz CT molecular complexity index is 5120. The van der Waals surface area contributed by atoms with Gasteiger partial charge < -0.3 is 108 Å². The molecule has 40 heteroatoms. The summed E-state index contributed by atoms with van der Waals surface area (Å²) in [6, 6.07) is 19.0. The number of unbranched alkanes of at least 4 members (excludes halogenated alkanes) is 1. The number of anilines is 2. The molecule has 0 spiro atoms. The number of aromatic nitrogens is 1. The number of phenolic OH excluding ortho intramolecular Hbond substituents is 1. The number of likely N-dealkylation sites (N-methyl/N-ethyl adjacent to an activating group) is 1. The molecule has 18 N–H and O–H groups in total. The molecule has 5 aromatic carbocycles. The lowest BCUT2D eigenvalue weighted by atomic mass is 9.83. The number of rotatable bonds is 29. The molecule has 4 bridgehead atoms. The first-order valence-electron chi connectivity index (χ1n) is 43.0. The van der Waals surface area contributed by atoms with Crippen LogP contribution in [-0.4, -0.2) is 245 Å². The number of alkyl carbamates (subject to hydrolysis) is 1. The Kier molecular flexibility index (Phi) is 37.3. The maximum absolute atomic E-state index is 15.4. The van der Waals surface area contributed by atoms with E-state index in [0.29, 0.717) is 64.0 Å². The van der Waals surface area contributed by atoms with Gasteiger partial charge in [-0.05, 0) is 136 Å². The van der Waals surface area contributed by atoms with Crippen molar-refractivity contribution in [3.05, 3.63) is 179 Å². The second-order valence-corrected chi connectivity index (χ2v) is 38.9. The van der Waals surface area contributed by atoms with Crippen LogP contribution in [0.4, 0.5) is 21.0 Å². The summed E-state index contributed by atoms with van der Waals surface area (Å²) < 4.78 is 23.6. The highest BCUT2D eigenvalue weighted by Crippen LogP contribution is 2.62. The Morgan fingerprint density at radius 1 is 0.786 bits per heavy atom. The van der Waals surface area contributed by atoms with E-state index < -0.39 is 179 Å². The lowest BCUT2D eigenvalue weighted by Gasteiger charge is -2.42. The van der Waals surface area contributed by atoms with Crippen molar-refractivity contribution < 1.29 is 96.6 Å². The number of H-pyrrole nitrogens is 1. The van der Waals surface area contributed by atoms with E-state index in [9.17, 15) is 58.5 Å². The number of primary amides is 1. The summed E-state index contributed by atoms with van der Waals surface area (Å²) in [7, 11) is 9.75. The average molecular weight is 1900 g/mol. The zero-order valence-electron chi connectivity index (χ0n) is 74.2. The number of carbonyl (C=O) groups is 13. The number of amides is 13. The predicted octanol–water partition coefficient (Wildman–Crippen LogP) is 6.04. The number of esters is 1. The number of methoxy groups -OCH3 is 2. The van der Waals surface area contributed by atoms with Crippen molar-refractivity contribution in [3.63, 3.8) is 0 Å². The summed E-state index contributed by atoms with van der Waals surface area (Å²) in [4.78, 5) is 195. The Labute approximate surface area is 780 Å². The average Bonchev–Trinajstić information content (AvgIpc) is 1.57. The van der Waals surface area contributed by atoms with Crippen molar-refractivity contribution in [2.45, 2.75) is 190 Å². The zero-order valence-corrected chi connectivity index (χ0v) is 78.2.